The van der Waals surface area contributed by atoms with Crippen LogP contribution in [0, 0.1) is 0 Å². The summed E-state index contributed by atoms with van der Waals surface area (Å²) < 4.78 is 0. The maximum absolute atomic E-state index is 5.67. The highest BCUT2D eigenvalue weighted by Crippen LogP contribution is 2.18. The quantitative estimate of drug-likeness (QED) is 0.692. The van der Waals surface area contributed by atoms with Crippen LogP contribution in [-0.4, -0.2) is 36.9 Å². The second-order valence-electron chi connectivity index (χ2n) is 3.78. The van der Waals surface area contributed by atoms with Crippen molar-refractivity contribution in [3.05, 3.63) is 0 Å². The van der Waals surface area contributed by atoms with Crippen molar-refractivity contribution in [2.75, 3.05) is 24.8 Å². The number of hydrogen-bond donors (Lipinski definition) is 2. The van der Waals surface area contributed by atoms with Gasteiger partial charge in [0.1, 0.15) is 0 Å². The normalized spacial score (nSPS) is 27.9. The lowest BCUT2D eigenvalue weighted by Crippen LogP contribution is -2.50. The number of alkyl halides is 2. The van der Waals surface area contributed by atoms with Crippen molar-refractivity contribution in [3.8, 4) is 0 Å². The van der Waals surface area contributed by atoms with E-state index in [9.17, 15) is 0 Å². The molecule has 1 aliphatic rings. The van der Waals surface area contributed by atoms with Crippen molar-refractivity contribution in [2.45, 2.75) is 37.8 Å². The van der Waals surface area contributed by atoms with E-state index in [0.717, 1.165) is 13.1 Å². The molecule has 0 bridgehead atoms. The van der Waals surface area contributed by atoms with Gasteiger partial charge >= 0.3 is 0 Å². The van der Waals surface area contributed by atoms with Crippen LogP contribution in [-0.2, 0) is 0 Å². The zero-order chi connectivity index (χ0) is 10.2. The van der Waals surface area contributed by atoms with Gasteiger partial charge in [-0.25, -0.2) is 0 Å². The summed E-state index contributed by atoms with van der Waals surface area (Å²) in [5, 5.41) is 6.99. The van der Waals surface area contributed by atoms with Gasteiger partial charge in [0.15, 0.2) is 0 Å². The van der Waals surface area contributed by atoms with Crippen LogP contribution in [0.4, 0.5) is 0 Å². The predicted octanol–water partition coefficient (Wildman–Crippen LogP) is 1.95. The third-order valence-corrected chi connectivity index (χ3v) is 3.15. The van der Waals surface area contributed by atoms with E-state index in [4.69, 9.17) is 23.2 Å². The maximum atomic E-state index is 5.67. The molecule has 0 spiro atoms. The average Bonchev–Trinajstić information content (AvgIpc) is 2.24. The zero-order valence-electron chi connectivity index (χ0n) is 8.57. The summed E-state index contributed by atoms with van der Waals surface area (Å²) in [4.78, 5) is 0. The first-order valence-corrected chi connectivity index (χ1v) is 6.54. The van der Waals surface area contributed by atoms with E-state index in [-0.39, 0.29) is 0 Å². The highest BCUT2D eigenvalue weighted by atomic mass is 35.5. The Bertz CT molecular complexity index is 128. The molecule has 0 amide bonds. The van der Waals surface area contributed by atoms with Crippen molar-refractivity contribution >= 4 is 23.2 Å². The Balaban J connectivity index is 2.26. The van der Waals surface area contributed by atoms with Crippen molar-refractivity contribution in [1.82, 2.24) is 10.6 Å². The first kappa shape index (κ1) is 12.6. The van der Waals surface area contributed by atoms with Crippen molar-refractivity contribution in [3.63, 3.8) is 0 Å². The monoisotopic (exact) mass is 238 g/mol. The Labute approximate surface area is 96.7 Å². The van der Waals surface area contributed by atoms with Crippen LogP contribution in [0.25, 0.3) is 0 Å². The largest absolute Gasteiger partial charge is 0.311 e. The lowest BCUT2D eigenvalue weighted by Gasteiger charge is -2.32. The predicted molar refractivity (Wildman–Crippen MR) is 63.5 cm³/mol. The molecule has 4 heteroatoms. The Hall–Kier alpha value is 0.500. The van der Waals surface area contributed by atoms with Crippen LogP contribution in [0.5, 0.6) is 0 Å². The number of nitrogens with one attached hydrogen (secondary N) is 2. The second-order valence-corrected chi connectivity index (χ2v) is 4.54. The van der Waals surface area contributed by atoms with Gasteiger partial charge in [0, 0.05) is 36.9 Å². The molecule has 84 valence electrons. The molecule has 0 aliphatic heterocycles. The molecule has 1 fully saturated rings. The van der Waals surface area contributed by atoms with E-state index >= 15 is 0 Å². The molecule has 0 aromatic carbocycles. The topological polar surface area (TPSA) is 24.1 Å². The van der Waals surface area contributed by atoms with E-state index in [0.29, 0.717) is 23.8 Å². The fraction of sp³-hybridized carbons (Fsp3) is 1.00. The van der Waals surface area contributed by atoms with Gasteiger partial charge in [-0.15, -0.1) is 23.2 Å². The Kier molecular flexibility index (Phi) is 6.96. The zero-order valence-corrected chi connectivity index (χ0v) is 10.1. The summed E-state index contributed by atoms with van der Waals surface area (Å²) in [7, 11) is 0. The van der Waals surface area contributed by atoms with E-state index in [2.05, 4.69) is 10.6 Å². The van der Waals surface area contributed by atoms with Crippen LogP contribution in [0.1, 0.15) is 25.7 Å². The SMILES string of the molecule is ClCCN[C@@H]1CCCC[C@H]1NCCCl. The Morgan fingerprint density at radius 2 is 1.29 bits per heavy atom. The fourth-order valence-electron chi connectivity index (χ4n) is 2.10. The van der Waals surface area contributed by atoms with Gasteiger partial charge in [0.2, 0.25) is 0 Å². The van der Waals surface area contributed by atoms with Crippen molar-refractivity contribution in [2.24, 2.45) is 0 Å². The standard InChI is InChI=1S/C10H20Cl2N2/c11-5-7-13-9-3-1-2-4-10(9)14-8-6-12/h9-10,13-14H,1-8H2/t9-,10-/m1/s1. The van der Waals surface area contributed by atoms with E-state index in [1.54, 1.807) is 0 Å². The molecular weight excluding hydrogens is 219 g/mol. The molecule has 0 heterocycles. The summed E-state index contributed by atoms with van der Waals surface area (Å²) in [5.74, 6) is 1.39. The Morgan fingerprint density at radius 1 is 0.857 bits per heavy atom. The molecule has 0 unspecified atom stereocenters. The van der Waals surface area contributed by atoms with Crippen molar-refractivity contribution < 1.29 is 0 Å². The van der Waals surface area contributed by atoms with Crippen molar-refractivity contribution in [1.29, 1.82) is 0 Å². The molecule has 1 aliphatic carbocycles. The highest BCUT2D eigenvalue weighted by Gasteiger charge is 2.23. The molecule has 1 saturated carbocycles. The minimum absolute atomic E-state index is 0.589. The van der Waals surface area contributed by atoms with Gasteiger partial charge < -0.3 is 10.6 Å². The number of hydrogen-bond acceptors (Lipinski definition) is 2. The molecule has 0 aromatic heterocycles. The van der Waals surface area contributed by atoms with Crippen LogP contribution in [0.2, 0.25) is 0 Å². The van der Waals surface area contributed by atoms with Crippen LogP contribution in [0.3, 0.4) is 0 Å². The van der Waals surface area contributed by atoms with Crippen LogP contribution >= 0.6 is 23.2 Å². The molecule has 0 aromatic rings. The summed E-state index contributed by atoms with van der Waals surface area (Å²) in [6.07, 6.45) is 5.19. The van der Waals surface area contributed by atoms with Gasteiger partial charge in [-0.2, -0.15) is 0 Å². The van der Waals surface area contributed by atoms with E-state index < -0.39 is 0 Å². The lowest BCUT2D eigenvalue weighted by atomic mass is 9.90. The van der Waals surface area contributed by atoms with Gasteiger partial charge in [-0.1, -0.05) is 12.8 Å². The minimum Gasteiger partial charge on any atom is -0.311 e. The first-order valence-electron chi connectivity index (χ1n) is 5.47. The maximum Gasteiger partial charge on any atom is 0.0348 e. The number of halogens is 2. The lowest BCUT2D eigenvalue weighted by molar-refractivity contribution is 0.292. The molecule has 0 saturated heterocycles. The summed E-state index contributed by atoms with van der Waals surface area (Å²) in [5.41, 5.74) is 0. The Morgan fingerprint density at radius 3 is 1.64 bits per heavy atom. The highest BCUT2D eigenvalue weighted by molar-refractivity contribution is 6.18. The van der Waals surface area contributed by atoms with Crippen LogP contribution < -0.4 is 10.6 Å². The summed E-state index contributed by atoms with van der Waals surface area (Å²) >= 11 is 11.3. The smallest absolute Gasteiger partial charge is 0.0348 e. The van der Waals surface area contributed by atoms with Gasteiger partial charge in [0.05, 0.1) is 0 Å². The summed E-state index contributed by atoms with van der Waals surface area (Å²) in [6, 6.07) is 1.18. The molecule has 0 radical (unpaired) electrons. The first-order chi connectivity index (χ1) is 6.88. The minimum atomic E-state index is 0.589. The number of rotatable bonds is 6. The van der Waals surface area contributed by atoms with E-state index in [1.807, 2.05) is 0 Å². The third kappa shape index (κ3) is 4.35. The molecule has 2 N–H and O–H groups in total. The molecule has 2 nitrogen and oxygen atoms in total. The molecule has 2 atom stereocenters. The van der Waals surface area contributed by atoms with Gasteiger partial charge in [-0.3, -0.25) is 0 Å². The summed E-state index contributed by atoms with van der Waals surface area (Å²) in [6.45, 7) is 1.82. The molecular formula is C10H20Cl2N2. The molecule has 1 rings (SSSR count). The van der Waals surface area contributed by atoms with Gasteiger partial charge in [0.25, 0.3) is 0 Å². The van der Waals surface area contributed by atoms with Gasteiger partial charge in [-0.05, 0) is 12.8 Å². The third-order valence-electron chi connectivity index (χ3n) is 2.77. The average molecular weight is 239 g/mol. The fourth-order valence-corrected chi connectivity index (χ4v) is 2.32. The van der Waals surface area contributed by atoms with E-state index in [1.165, 1.54) is 25.7 Å². The molecule has 14 heavy (non-hydrogen) atoms. The second kappa shape index (κ2) is 7.75. The van der Waals surface area contributed by atoms with Crippen LogP contribution in [0.15, 0.2) is 0 Å².